The van der Waals surface area contributed by atoms with Crippen LogP contribution in [0, 0.1) is 0 Å². The predicted molar refractivity (Wildman–Crippen MR) is 109 cm³/mol. The highest BCUT2D eigenvalue weighted by molar-refractivity contribution is 5.87. The summed E-state index contributed by atoms with van der Waals surface area (Å²) >= 11 is 0. The zero-order valence-corrected chi connectivity index (χ0v) is 15.1. The highest BCUT2D eigenvalue weighted by Crippen LogP contribution is 2.26. The van der Waals surface area contributed by atoms with Gasteiger partial charge in [0.2, 0.25) is 5.95 Å². The van der Waals surface area contributed by atoms with E-state index in [-0.39, 0.29) is 0 Å². The quantitative estimate of drug-likeness (QED) is 0.479. The lowest BCUT2D eigenvalue weighted by molar-refractivity contribution is 0.462. The SMILES string of the molecule is c1ccc2cc(Nc3nc(NC4CCCCC4)c4[nH]cnc4n3)ccc2c1. The highest BCUT2D eigenvalue weighted by Gasteiger charge is 2.17. The standard InChI is InChI=1S/C21H22N6/c1-2-8-16(9-3-1)24-20-18-19(23-13-22-18)26-21(27-20)25-17-11-10-14-6-4-5-7-15(14)12-17/h4-7,10-13,16H,1-3,8-9H2,(H3,22,23,24,25,26,27). The summed E-state index contributed by atoms with van der Waals surface area (Å²) in [7, 11) is 0. The van der Waals surface area contributed by atoms with Crippen LogP contribution in [0.5, 0.6) is 0 Å². The molecule has 3 N–H and O–H groups in total. The number of imidazole rings is 1. The van der Waals surface area contributed by atoms with Gasteiger partial charge in [-0.25, -0.2) is 4.98 Å². The zero-order valence-electron chi connectivity index (χ0n) is 15.1. The van der Waals surface area contributed by atoms with E-state index in [4.69, 9.17) is 4.98 Å². The van der Waals surface area contributed by atoms with E-state index in [0.717, 1.165) is 17.0 Å². The number of nitrogens with zero attached hydrogens (tertiary/aromatic N) is 3. The monoisotopic (exact) mass is 358 g/mol. The van der Waals surface area contributed by atoms with Gasteiger partial charge in [-0.1, -0.05) is 49.6 Å². The number of aromatic amines is 1. The third-order valence-electron chi connectivity index (χ3n) is 5.24. The first kappa shape index (κ1) is 16.1. The fraction of sp³-hybridized carbons (Fsp3) is 0.286. The molecule has 0 unspecified atom stereocenters. The van der Waals surface area contributed by atoms with E-state index in [0.29, 0.717) is 17.6 Å². The third-order valence-corrected chi connectivity index (χ3v) is 5.24. The number of fused-ring (bicyclic) bond motifs is 2. The lowest BCUT2D eigenvalue weighted by Gasteiger charge is -2.23. The molecule has 6 heteroatoms. The maximum atomic E-state index is 4.74. The highest BCUT2D eigenvalue weighted by atomic mass is 15.2. The predicted octanol–water partition coefficient (Wildman–Crippen LogP) is 4.99. The van der Waals surface area contributed by atoms with Gasteiger partial charge in [-0.2, -0.15) is 9.97 Å². The Balaban J connectivity index is 1.46. The number of benzene rings is 2. The number of hydrogen-bond donors (Lipinski definition) is 3. The van der Waals surface area contributed by atoms with Crippen LogP contribution in [0.1, 0.15) is 32.1 Å². The zero-order chi connectivity index (χ0) is 18.1. The van der Waals surface area contributed by atoms with E-state index in [1.807, 2.05) is 12.1 Å². The molecule has 0 amide bonds. The second kappa shape index (κ2) is 6.87. The van der Waals surface area contributed by atoms with Crippen LogP contribution in [-0.4, -0.2) is 26.0 Å². The Morgan fingerprint density at radius 2 is 1.78 bits per heavy atom. The molecule has 0 radical (unpaired) electrons. The lowest BCUT2D eigenvalue weighted by atomic mass is 9.95. The van der Waals surface area contributed by atoms with Crippen LogP contribution in [0.2, 0.25) is 0 Å². The maximum absolute atomic E-state index is 4.74. The molecule has 0 atom stereocenters. The molecular weight excluding hydrogens is 336 g/mol. The first-order chi connectivity index (χ1) is 13.3. The van der Waals surface area contributed by atoms with E-state index in [1.165, 1.54) is 42.9 Å². The molecule has 2 heterocycles. The number of H-pyrrole nitrogens is 1. The largest absolute Gasteiger partial charge is 0.365 e. The number of anilines is 3. The molecule has 0 bridgehead atoms. The van der Waals surface area contributed by atoms with Gasteiger partial charge < -0.3 is 15.6 Å². The lowest BCUT2D eigenvalue weighted by Crippen LogP contribution is -2.23. The van der Waals surface area contributed by atoms with Gasteiger partial charge in [0.15, 0.2) is 11.5 Å². The van der Waals surface area contributed by atoms with Crippen molar-refractivity contribution in [3.8, 4) is 0 Å². The molecule has 2 aromatic heterocycles. The Morgan fingerprint density at radius 3 is 2.67 bits per heavy atom. The van der Waals surface area contributed by atoms with Crippen molar-refractivity contribution in [2.45, 2.75) is 38.1 Å². The fourth-order valence-corrected chi connectivity index (χ4v) is 3.83. The smallest absolute Gasteiger partial charge is 0.231 e. The first-order valence-corrected chi connectivity index (χ1v) is 9.59. The summed E-state index contributed by atoms with van der Waals surface area (Å²) < 4.78 is 0. The fourth-order valence-electron chi connectivity index (χ4n) is 3.83. The second-order valence-corrected chi connectivity index (χ2v) is 7.16. The molecule has 4 aromatic rings. The molecule has 1 aliphatic rings. The molecule has 1 aliphatic carbocycles. The van der Waals surface area contributed by atoms with Crippen molar-refractivity contribution in [2.24, 2.45) is 0 Å². The third kappa shape index (κ3) is 3.30. The van der Waals surface area contributed by atoms with Crippen molar-refractivity contribution in [3.63, 3.8) is 0 Å². The molecule has 136 valence electrons. The molecule has 0 saturated heterocycles. The van der Waals surface area contributed by atoms with E-state index >= 15 is 0 Å². The Labute approximate surface area is 157 Å². The normalized spacial score (nSPS) is 15.3. The van der Waals surface area contributed by atoms with Gasteiger partial charge in [0.05, 0.1) is 6.33 Å². The van der Waals surface area contributed by atoms with E-state index < -0.39 is 0 Å². The van der Waals surface area contributed by atoms with Crippen molar-refractivity contribution in [1.29, 1.82) is 0 Å². The molecule has 27 heavy (non-hydrogen) atoms. The van der Waals surface area contributed by atoms with Gasteiger partial charge in [-0.3, -0.25) is 0 Å². The number of rotatable bonds is 4. The summed E-state index contributed by atoms with van der Waals surface area (Å²) in [6.45, 7) is 0. The topological polar surface area (TPSA) is 78.5 Å². The summed E-state index contributed by atoms with van der Waals surface area (Å²) in [5.41, 5.74) is 2.50. The van der Waals surface area contributed by atoms with Crippen molar-refractivity contribution in [1.82, 2.24) is 19.9 Å². The first-order valence-electron chi connectivity index (χ1n) is 9.59. The molecule has 5 rings (SSSR count). The van der Waals surface area contributed by atoms with Crippen LogP contribution in [-0.2, 0) is 0 Å². The van der Waals surface area contributed by atoms with Gasteiger partial charge in [-0.15, -0.1) is 0 Å². The Morgan fingerprint density at radius 1 is 0.926 bits per heavy atom. The summed E-state index contributed by atoms with van der Waals surface area (Å²) in [4.78, 5) is 16.8. The van der Waals surface area contributed by atoms with Gasteiger partial charge in [-0.05, 0) is 35.7 Å². The number of nitrogens with one attached hydrogen (secondary N) is 3. The average Bonchev–Trinajstić information content (AvgIpc) is 3.18. The van der Waals surface area contributed by atoms with Gasteiger partial charge in [0.25, 0.3) is 0 Å². The molecule has 0 spiro atoms. The van der Waals surface area contributed by atoms with Crippen LogP contribution in [0.4, 0.5) is 17.5 Å². The summed E-state index contributed by atoms with van der Waals surface area (Å²) in [6, 6.07) is 15.0. The minimum Gasteiger partial charge on any atom is -0.365 e. The Kier molecular flexibility index (Phi) is 4.08. The second-order valence-electron chi connectivity index (χ2n) is 7.16. The number of hydrogen-bond acceptors (Lipinski definition) is 5. The summed E-state index contributed by atoms with van der Waals surface area (Å²) in [5, 5.41) is 9.34. The van der Waals surface area contributed by atoms with Crippen LogP contribution in [0.25, 0.3) is 21.9 Å². The van der Waals surface area contributed by atoms with Gasteiger partial charge >= 0.3 is 0 Å². The average molecular weight is 358 g/mol. The van der Waals surface area contributed by atoms with Crippen molar-refractivity contribution >= 4 is 39.4 Å². The van der Waals surface area contributed by atoms with E-state index in [1.54, 1.807) is 6.33 Å². The Hall–Kier alpha value is -3.15. The van der Waals surface area contributed by atoms with Crippen molar-refractivity contribution < 1.29 is 0 Å². The van der Waals surface area contributed by atoms with Crippen molar-refractivity contribution in [2.75, 3.05) is 10.6 Å². The maximum Gasteiger partial charge on any atom is 0.231 e. The van der Waals surface area contributed by atoms with E-state index in [9.17, 15) is 0 Å². The molecule has 1 saturated carbocycles. The summed E-state index contributed by atoms with van der Waals surface area (Å²) in [5.74, 6) is 1.39. The molecule has 6 nitrogen and oxygen atoms in total. The van der Waals surface area contributed by atoms with E-state index in [2.05, 4.69) is 55.9 Å². The minimum atomic E-state index is 0.466. The van der Waals surface area contributed by atoms with Crippen LogP contribution in [0.3, 0.4) is 0 Å². The Bertz CT molecular complexity index is 1080. The number of aromatic nitrogens is 4. The van der Waals surface area contributed by atoms with Crippen LogP contribution in [0.15, 0.2) is 48.8 Å². The molecule has 2 aromatic carbocycles. The van der Waals surface area contributed by atoms with Crippen LogP contribution < -0.4 is 10.6 Å². The van der Waals surface area contributed by atoms with Crippen LogP contribution >= 0.6 is 0 Å². The summed E-state index contributed by atoms with van der Waals surface area (Å²) in [6.07, 6.45) is 7.93. The minimum absolute atomic E-state index is 0.466. The van der Waals surface area contributed by atoms with Crippen molar-refractivity contribution in [3.05, 3.63) is 48.8 Å². The van der Waals surface area contributed by atoms with Gasteiger partial charge in [0.1, 0.15) is 5.52 Å². The van der Waals surface area contributed by atoms with Gasteiger partial charge in [0, 0.05) is 11.7 Å². The molecular formula is C21H22N6. The molecule has 1 fully saturated rings. The molecule has 0 aliphatic heterocycles.